The van der Waals surface area contributed by atoms with E-state index in [1.165, 1.54) is 41.4 Å². The van der Waals surface area contributed by atoms with Crippen molar-refractivity contribution in [2.45, 2.75) is 61.9 Å². The van der Waals surface area contributed by atoms with Gasteiger partial charge in [0.2, 0.25) is 0 Å². The summed E-state index contributed by atoms with van der Waals surface area (Å²) in [5, 5.41) is 17.2. The van der Waals surface area contributed by atoms with Crippen LogP contribution in [-0.4, -0.2) is 139 Å². The van der Waals surface area contributed by atoms with Crippen LogP contribution in [0.3, 0.4) is 0 Å². The number of rotatable bonds is 18. The number of carbonyl (C=O) groups is 1. The Labute approximate surface area is 541 Å². The molecule has 0 radical (unpaired) electrons. The molecule has 0 aliphatic carbocycles. The van der Waals surface area contributed by atoms with Crippen LogP contribution in [0.15, 0.2) is 60.9 Å². The number of aromatic nitrogens is 2. The first-order chi connectivity index (χ1) is 39.5. The molecular formula is C42H71BF4IN6O6P23. The molecule has 458 valence electrons. The van der Waals surface area contributed by atoms with E-state index in [4.69, 9.17) is 19.5 Å². The van der Waals surface area contributed by atoms with Gasteiger partial charge in [-0.25, -0.2) is 27.5 Å². The number of hydrogen-bond acceptors (Lipinski definition) is 12. The first-order valence-electron chi connectivity index (χ1n) is 25.3. The highest BCUT2D eigenvalue weighted by Crippen LogP contribution is 3.33. The zero-order valence-corrected chi connectivity index (χ0v) is 70.8. The molecule has 0 amide bonds. The Bertz CT molecular complexity index is 2640. The van der Waals surface area contributed by atoms with E-state index in [1.54, 1.807) is 6.20 Å². The number of piperazine rings is 2. The maximum Gasteiger partial charge on any atom is 0.488 e. The molecule has 6 aliphatic heterocycles. The fraction of sp³-hybridized carbons (Fsp3) is 0.452. The van der Waals surface area contributed by atoms with E-state index in [9.17, 15) is 22.4 Å². The Balaban J connectivity index is 0.000000164. The number of carbonyl (C=O) groups excluding carboxylic acids is 1. The van der Waals surface area contributed by atoms with E-state index in [2.05, 4.69) is 176 Å². The minimum Gasteiger partial charge on any atom is -0.491 e. The molecule has 41 heteroatoms. The van der Waals surface area contributed by atoms with Crippen LogP contribution in [0.25, 0.3) is 11.1 Å². The lowest BCUT2D eigenvalue weighted by Crippen LogP contribution is -2.62. The first-order valence-corrected chi connectivity index (χ1v) is 67.6. The van der Waals surface area contributed by atoms with Gasteiger partial charge in [0, 0.05) is 71.9 Å². The topological polar surface area (TPSA) is 124 Å². The summed E-state index contributed by atoms with van der Waals surface area (Å²) in [4.78, 5) is 30.0. The summed E-state index contributed by atoms with van der Waals surface area (Å²) >= 11 is 2.31. The standard InChI is InChI=1S/C21H21F2N3O2.C14H18IN3O.C7H7BF2O3.H25P23/c22-19-5-14(6-20(23)18(19)10-27)13-1-4-21(24-7-13)25-8-15-2-3-16(9-25)26(15)17-11-28-12-17;15-10-1-4-14(16-5-10)17-6-11-2-3-12(7-17)18(11)13-8-19-9-13;1-13-7-5(9)2-4(8(11)12)3-6(7)10;1-13-19(12)22(18(10)11)23(20(14(2)3)15(4)5)21(16(6)7)17(8)9/h1,4-7,10,15-17H,2-3,8-9,11-12H2;1,4-5,11-13H,2-3,6-9H2;2-3,11-12H,1H3;13H,1-12H2. The SMILES string of the molecule is COc1c(F)cc(B(O)O)cc1F.Ic1ccc(N2CC3CCC(C2)N3C2COC2)nc1.O=Cc1c(F)cc(-c2ccc(N3CC4CCC(C3)N4C3COC3)nc2)cc1F.PPP(P)P(P(P)P)P(P(P(P)P)P(P)P)P(P(P)P)P(P)P. The number of aldehydes is 1. The Hall–Kier alpha value is 5.97. The molecule has 6 fully saturated rings. The van der Waals surface area contributed by atoms with E-state index >= 15 is 0 Å². The highest BCUT2D eigenvalue weighted by Gasteiger charge is 2.48. The van der Waals surface area contributed by atoms with Gasteiger partial charge < -0.3 is 34.1 Å². The quantitative estimate of drug-likeness (QED) is 0.0324. The van der Waals surface area contributed by atoms with E-state index in [1.807, 2.05) is 18.3 Å². The molecule has 8 heterocycles. The molecule has 0 spiro atoms. The van der Waals surface area contributed by atoms with Gasteiger partial charge in [-0.05, 0) is 178 Å². The molecule has 6 aliphatic rings. The number of methoxy groups -OCH3 is 1. The van der Waals surface area contributed by atoms with Gasteiger partial charge in [0.15, 0.2) is 23.7 Å². The predicted molar refractivity (Wildman–Crippen MR) is 420 cm³/mol. The van der Waals surface area contributed by atoms with Crippen molar-refractivity contribution in [3.63, 3.8) is 0 Å². The molecule has 2 aromatic carbocycles. The third-order valence-electron chi connectivity index (χ3n) is 14.2. The molecule has 19 unspecified atom stereocenters. The van der Waals surface area contributed by atoms with E-state index in [0.717, 1.165) is 91.4 Å². The van der Waals surface area contributed by atoms with Gasteiger partial charge in [0.05, 0.1) is 51.2 Å². The first kappa shape index (κ1) is 76.3. The van der Waals surface area contributed by atoms with Crippen LogP contribution in [0.1, 0.15) is 36.0 Å². The Morgan fingerprint density at radius 2 is 1.01 bits per heavy atom. The highest BCUT2D eigenvalue weighted by atomic mass is 127. The van der Waals surface area contributed by atoms with E-state index in [0.29, 0.717) is 47.4 Å². The number of halogens is 5. The minimum atomic E-state index is -1.89. The molecule has 12 nitrogen and oxygen atoms in total. The molecular weight excluding hydrogens is 1610 g/mol. The van der Waals surface area contributed by atoms with Crippen molar-refractivity contribution >= 4 is 238 Å². The lowest BCUT2D eigenvalue weighted by molar-refractivity contribution is -0.0850. The maximum atomic E-state index is 13.9. The lowest BCUT2D eigenvalue weighted by atomic mass is 9.80. The molecule has 10 rings (SSSR count). The Kier molecular flexibility index (Phi) is 34.1. The Morgan fingerprint density at radius 1 is 0.602 bits per heavy atom. The van der Waals surface area contributed by atoms with Crippen LogP contribution in [0.2, 0.25) is 0 Å². The average molecular weight is 1680 g/mol. The molecule has 0 saturated carbocycles. The fourth-order valence-electron chi connectivity index (χ4n) is 10.5. The minimum absolute atomic E-state index is 0.00774. The van der Waals surface area contributed by atoms with Crippen LogP contribution in [0, 0.1) is 26.8 Å². The van der Waals surface area contributed by atoms with Crippen molar-refractivity contribution in [1.29, 1.82) is 0 Å². The van der Waals surface area contributed by atoms with Gasteiger partial charge in [-0.15, -0.1) is 107 Å². The second-order valence-electron chi connectivity index (χ2n) is 19.4. The maximum absolute atomic E-state index is 13.9. The zero-order valence-electron chi connectivity index (χ0n) is 44.9. The summed E-state index contributed by atoms with van der Waals surface area (Å²) in [6.07, 6.45) is 8.88. The third-order valence-corrected chi connectivity index (χ3v) is 162. The van der Waals surface area contributed by atoms with Crippen molar-refractivity contribution in [2.24, 2.45) is 0 Å². The average Bonchev–Trinajstić information content (AvgIpc) is 3.16. The van der Waals surface area contributed by atoms with Crippen molar-refractivity contribution in [3.05, 3.63) is 93.3 Å². The number of fused-ring (bicyclic) bond motifs is 4. The number of ether oxygens (including phenoxy) is 3. The molecule has 2 aromatic heterocycles. The van der Waals surface area contributed by atoms with Crippen LogP contribution in [-0.2, 0) is 9.47 Å². The summed E-state index contributed by atoms with van der Waals surface area (Å²) < 4.78 is 69.9. The number of pyridine rings is 2. The van der Waals surface area contributed by atoms with Crippen LogP contribution in [0.4, 0.5) is 29.2 Å². The molecule has 6 saturated heterocycles. The number of benzene rings is 2. The largest absolute Gasteiger partial charge is 0.491 e. The van der Waals surface area contributed by atoms with Crippen molar-refractivity contribution < 1.29 is 46.6 Å². The monoisotopic (exact) mass is 1680 g/mol. The van der Waals surface area contributed by atoms with Crippen LogP contribution >= 0.6 is 208 Å². The number of hydrogen-bond donors (Lipinski definition) is 2. The van der Waals surface area contributed by atoms with Gasteiger partial charge in [-0.2, -0.15) is 0 Å². The molecule has 2 N–H and O–H groups in total. The summed E-state index contributed by atoms with van der Waals surface area (Å²) in [5.74, 6) is -2.17. The summed E-state index contributed by atoms with van der Waals surface area (Å²) in [7, 11) is 38.7. The molecule has 4 bridgehead atoms. The van der Waals surface area contributed by atoms with Crippen molar-refractivity contribution in [3.8, 4) is 16.9 Å². The van der Waals surface area contributed by atoms with Crippen LogP contribution < -0.4 is 20.0 Å². The van der Waals surface area contributed by atoms with Gasteiger partial charge in [0.1, 0.15) is 23.3 Å². The smallest absolute Gasteiger partial charge is 0.488 e. The number of anilines is 2. The van der Waals surface area contributed by atoms with Gasteiger partial charge in [0.25, 0.3) is 0 Å². The lowest BCUT2D eigenvalue weighted by Gasteiger charge is -2.48. The summed E-state index contributed by atoms with van der Waals surface area (Å²) in [6.45, 7) is 8.35. The van der Waals surface area contributed by atoms with E-state index in [-0.39, 0.29) is 81.6 Å². The molecule has 19 atom stereocenters. The second-order valence-corrected chi connectivity index (χ2v) is 110. The summed E-state index contributed by atoms with van der Waals surface area (Å²) in [6, 6.07) is 15.7. The normalized spacial score (nSPS) is 21.8. The van der Waals surface area contributed by atoms with Gasteiger partial charge in [-0.1, -0.05) is 7.96 Å². The van der Waals surface area contributed by atoms with Gasteiger partial charge in [-0.3, -0.25) is 14.6 Å². The predicted octanol–water partition coefficient (Wildman–Crippen LogP) is 17.4. The van der Waals surface area contributed by atoms with E-state index < -0.39 is 41.7 Å². The third kappa shape index (κ3) is 20.5. The molecule has 4 aromatic rings. The second kappa shape index (κ2) is 37.1. The zero-order chi connectivity index (χ0) is 60.6. The summed E-state index contributed by atoms with van der Waals surface area (Å²) in [5.41, 5.74) is 0.191. The molecule has 83 heavy (non-hydrogen) atoms. The number of nitrogens with zero attached hydrogens (tertiary/aromatic N) is 6. The van der Waals surface area contributed by atoms with Gasteiger partial charge >= 0.3 is 7.12 Å². The van der Waals surface area contributed by atoms with Crippen molar-refractivity contribution in [2.75, 3.05) is 69.5 Å². The fourth-order valence-corrected chi connectivity index (χ4v) is 293. The van der Waals surface area contributed by atoms with Crippen LogP contribution in [0.5, 0.6) is 5.75 Å². The highest BCUT2D eigenvalue weighted by molar-refractivity contribution is 14.1. The Morgan fingerprint density at radius 3 is 1.31 bits per heavy atom. The van der Waals surface area contributed by atoms with Crippen molar-refractivity contribution in [1.82, 2.24) is 19.8 Å².